The van der Waals surface area contributed by atoms with Crippen LogP contribution in [-0.4, -0.2) is 6.91 Å². The van der Waals surface area contributed by atoms with Crippen LogP contribution in [0, 0.1) is 0 Å². The summed E-state index contributed by atoms with van der Waals surface area (Å²) >= 11 is 0. The van der Waals surface area contributed by atoms with Crippen LogP contribution in [0.5, 0.6) is 0 Å². The number of rotatable bonds is 5. The van der Waals surface area contributed by atoms with Crippen molar-refractivity contribution in [1.82, 2.24) is 0 Å². The minimum atomic E-state index is 1.25. The van der Waals surface area contributed by atoms with Crippen molar-refractivity contribution in [2.45, 2.75) is 39.0 Å². The van der Waals surface area contributed by atoms with Gasteiger partial charge in [0.25, 0.3) is 0 Å². The molecule has 0 radical (unpaired) electrons. The Morgan fingerprint density at radius 2 is 2.08 bits per heavy atom. The van der Waals surface area contributed by atoms with Crippen molar-refractivity contribution < 1.29 is 0 Å². The first-order chi connectivity index (χ1) is 5.93. The van der Waals surface area contributed by atoms with Gasteiger partial charge in [-0.25, -0.2) is 0 Å². The van der Waals surface area contributed by atoms with Crippen molar-refractivity contribution in [3.05, 3.63) is 29.6 Å². The van der Waals surface area contributed by atoms with Crippen LogP contribution in [0.2, 0.25) is 0 Å². The Bertz CT molecular complexity index is 193. The van der Waals surface area contributed by atoms with Crippen LogP contribution in [-0.2, 0) is 6.42 Å². The zero-order chi connectivity index (χ0) is 8.65. The molecule has 0 saturated heterocycles. The summed E-state index contributed by atoms with van der Waals surface area (Å²) in [4.78, 5) is 0. The Kier molecular flexibility index (Phi) is 4.74. The number of unbranched alkanes of at least 4 members (excludes halogenated alkanes) is 3. The van der Waals surface area contributed by atoms with E-state index in [0.717, 1.165) is 0 Å². The summed E-state index contributed by atoms with van der Waals surface area (Å²) in [5, 5.41) is 0. The number of aryl methyl sites for hydroxylation is 1. The molecule has 0 aliphatic carbocycles. The SMILES string of the molecule is CCCCCCc1bcccc1. The molecule has 0 atom stereocenters. The number of hydrogen-bond acceptors (Lipinski definition) is 0. The molecule has 12 heavy (non-hydrogen) atoms. The van der Waals surface area contributed by atoms with Crippen LogP contribution >= 0.6 is 0 Å². The van der Waals surface area contributed by atoms with Gasteiger partial charge < -0.3 is 0 Å². The molecule has 0 spiro atoms. The van der Waals surface area contributed by atoms with E-state index in [1.54, 1.807) is 0 Å². The predicted octanol–water partition coefficient (Wildman–Crippen LogP) is 3.15. The first-order valence-corrected chi connectivity index (χ1v) is 4.97. The van der Waals surface area contributed by atoms with Crippen molar-refractivity contribution in [2.75, 3.05) is 0 Å². The second-order valence-corrected chi connectivity index (χ2v) is 3.30. The Balaban J connectivity index is 2.16. The molecule has 0 aromatic carbocycles. The standard InChI is InChI=1S/C11H17B/c1-2-3-4-5-8-11-9-6-7-10-12-11/h6-7,9-10H,2-5,8H2,1H3. The normalized spacial score (nSPS) is 9.75. The Morgan fingerprint density at radius 1 is 1.17 bits per heavy atom. The summed E-state index contributed by atoms with van der Waals surface area (Å²) in [5.74, 6) is 2.12. The molecule has 0 fully saturated rings. The van der Waals surface area contributed by atoms with Crippen LogP contribution in [0.1, 0.15) is 38.1 Å². The van der Waals surface area contributed by atoms with E-state index in [-0.39, 0.29) is 0 Å². The van der Waals surface area contributed by atoms with Gasteiger partial charge in [-0.1, -0.05) is 0 Å². The van der Waals surface area contributed by atoms with E-state index >= 15 is 0 Å². The molecule has 0 aliphatic heterocycles. The molecule has 0 bridgehead atoms. The minimum absolute atomic E-state index is 1.25. The maximum atomic E-state index is 2.25. The predicted molar refractivity (Wildman–Crippen MR) is 55.6 cm³/mol. The van der Waals surface area contributed by atoms with Crippen LogP contribution in [0.4, 0.5) is 0 Å². The van der Waals surface area contributed by atoms with Gasteiger partial charge >= 0.3 is 75.6 Å². The molecule has 0 nitrogen and oxygen atoms in total. The molecule has 1 heteroatoms. The first kappa shape index (κ1) is 9.50. The van der Waals surface area contributed by atoms with Gasteiger partial charge in [-0.3, -0.25) is 0 Å². The second kappa shape index (κ2) is 5.99. The fraction of sp³-hybridized carbons (Fsp3) is 0.545. The van der Waals surface area contributed by atoms with Gasteiger partial charge in [0.2, 0.25) is 0 Å². The summed E-state index contributed by atoms with van der Waals surface area (Å²) in [6.45, 7) is 4.47. The summed E-state index contributed by atoms with van der Waals surface area (Å²) in [5.41, 5.74) is 1.48. The van der Waals surface area contributed by atoms with Crippen molar-refractivity contribution in [3.8, 4) is 0 Å². The van der Waals surface area contributed by atoms with E-state index in [2.05, 4.69) is 38.0 Å². The summed E-state index contributed by atoms with van der Waals surface area (Å²) in [6.07, 6.45) is 6.69. The topological polar surface area (TPSA) is 0 Å². The Hall–Kier alpha value is -0.585. The van der Waals surface area contributed by atoms with Crippen molar-refractivity contribution in [3.63, 3.8) is 0 Å². The van der Waals surface area contributed by atoms with Crippen molar-refractivity contribution in [2.24, 2.45) is 0 Å². The molecule has 1 aromatic heterocycles. The van der Waals surface area contributed by atoms with Crippen LogP contribution in [0.3, 0.4) is 0 Å². The first-order valence-electron chi connectivity index (χ1n) is 4.97. The quantitative estimate of drug-likeness (QED) is 0.580. The summed E-state index contributed by atoms with van der Waals surface area (Å²) in [6, 6.07) is 6.41. The molecule has 64 valence electrons. The van der Waals surface area contributed by atoms with E-state index < -0.39 is 0 Å². The second-order valence-electron chi connectivity index (χ2n) is 3.30. The average Bonchev–Trinajstić information content (AvgIpc) is 2.14. The molecule has 1 aromatic rings. The monoisotopic (exact) mass is 160 g/mol. The van der Waals surface area contributed by atoms with Crippen molar-refractivity contribution >= 4 is 6.91 Å². The number of hydrogen-bond donors (Lipinski definition) is 0. The Morgan fingerprint density at radius 3 is 2.75 bits per heavy atom. The third-order valence-corrected chi connectivity index (χ3v) is 2.16. The van der Waals surface area contributed by atoms with E-state index in [1.807, 2.05) is 0 Å². The maximum absolute atomic E-state index is 2.25. The van der Waals surface area contributed by atoms with Gasteiger partial charge in [0.15, 0.2) is 0 Å². The summed E-state index contributed by atoms with van der Waals surface area (Å²) < 4.78 is 0. The molecular formula is C11H17B. The third kappa shape index (κ3) is 3.70. The molecule has 1 rings (SSSR count). The molecule has 1 heterocycles. The zero-order valence-electron chi connectivity index (χ0n) is 7.92. The van der Waals surface area contributed by atoms with Gasteiger partial charge in [-0.05, 0) is 0 Å². The van der Waals surface area contributed by atoms with Gasteiger partial charge in [0.1, 0.15) is 0 Å². The van der Waals surface area contributed by atoms with Crippen LogP contribution in [0.15, 0.2) is 24.2 Å². The summed E-state index contributed by atoms with van der Waals surface area (Å²) in [7, 11) is 0. The van der Waals surface area contributed by atoms with Gasteiger partial charge in [-0.2, -0.15) is 0 Å². The third-order valence-electron chi connectivity index (χ3n) is 2.16. The van der Waals surface area contributed by atoms with E-state index in [1.165, 1.54) is 37.6 Å². The molecule has 0 unspecified atom stereocenters. The fourth-order valence-electron chi connectivity index (χ4n) is 1.40. The van der Waals surface area contributed by atoms with E-state index in [0.29, 0.717) is 0 Å². The van der Waals surface area contributed by atoms with Gasteiger partial charge in [-0.15, -0.1) is 0 Å². The van der Waals surface area contributed by atoms with E-state index in [9.17, 15) is 0 Å². The molecule has 0 saturated carbocycles. The Labute approximate surface area is 76.2 Å². The van der Waals surface area contributed by atoms with Gasteiger partial charge in [0, 0.05) is 0 Å². The van der Waals surface area contributed by atoms with Crippen LogP contribution < -0.4 is 0 Å². The molecule has 0 N–H and O–H groups in total. The molecule has 0 aliphatic rings. The van der Waals surface area contributed by atoms with Crippen LogP contribution in [0.25, 0.3) is 0 Å². The molecule has 0 amide bonds. The van der Waals surface area contributed by atoms with Crippen molar-refractivity contribution in [1.29, 1.82) is 0 Å². The zero-order valence-corrected chi connectivity index (χ0v) is 7.92. The fourth-order valence-corrected chi connectivity index (χ4v) is 1.40. The van der Waals surface area contributed by atoms with E-state index in [4.69, 9.17) is 0 Å². The van der Waals surface area contributed by atoms with Gasteiger partial charge in [0.05, 0.1) is 0 Å². The average molecular weight is 160 g/mol. The molecular weight excluding hydrogens is 143 g/mol.